The Morgan fingerprint density at radius 2 is 1.81 bits per heavy atom. The molecule has 1 atom stereocenters. The van der Waals surface area contributed by atoms with E-state index in [0.717, 1.165) is 35.2 Å². The summed E-state index contributed by atoms with van der Waals surface area (Å²) in [5, 5.41) is 1.25. The van der Waals surface area contributed by atoms with E-state index in [-0.39, 0.29) is 0 Å². The van der Waals surface area contributed by atoms with E-state index >= 15 is 0 Å². The number of hydrogen-bond acceptors (Lipinski definition) is 6. The molecule has 2 fully saturated rings. The Hall–Kier alpha value is -1.25. The van der Waals surface area contributed by atoms with Gasteiger partial charge in [-0.05, 0) is 43.6 Å². The third kappa shape index (κ3) is 3.25. The van der Waals surface area contributed by atoms with Crippen molar-refractivity contribution in [3.63, 3.8) is 0 Å². The summed E-state index contributed by atoms with van der Waals surface area (Å²) in [4.78, 5) is 14.9. The third-order valence-corrected chi connectivity index (χ3v) is 8.55. The Bertz CT molecular complexity index is 989. The molecule has 0 unspecified atom stereocenters. The first-order chi connectivity index (χ1) is 12.9. The van der Waals surface area contributed by atoms with E-state index in [2.05, 4.69) is 11.8 Å². The summed E-state index contributed by atoms with van der Waals surface area (Å²) in [5.41, 5.74) is 1.45. The van der Waals surface area contributed by atoms with Crippen molar-refractivity contribution in [2.45, 2.75) is 44.9 Å². The lowest BCUT2D eigenvalue weighted by Gasteiger charge is -2.34. The van der Waals surface area contributed by atoms with Crippen molar-refractivity contribution in [3.8, 4) is 0 Å². The van der Waals surface area contributed by atoms with Crippen LogP contribution in [0.15, 0.2) is 0 Å². The lowest BCUT2D eigenvalue weighted by molar-refractivity contribution is 0.387. The molecule has 2 aromatic heterocycles. The van der Waals surface area contributed by atoms with Gasteiger partial charge >= 0.3 is 0 Å². The molecule has 8 heteroatoms. The maximum atomic E-state index is 11.9. The van der Waals surface area contributed by atoms with Crippen LogP contribution in [0.4, 0.5) is 5.82 Å². The number of thiophene rings is 1. The summed E-state index contributed by atoms with van der Waals surface area (Å²) in [6.07, 6.45) is 7.16. The number of nitrogens with zero attached hydrogens (tertiary/aromatic N) is 4. The SMILES string of the molecule is C[C@@H]1CCc2c(sc3nc(C4CC4)nc(N4CCN(S(C)(=O)=O)CC4)c23)C1. The van der Waals surface area contributed by atoms with Crippen LogP contribution in [0.25, 0.3) is 10.2 Å². The number of aromatic nitrogens is 2. The molecule has 146 valence electrons. The molecule has 2 aliphatic carbocycles. The van der Waals surface area contributed by atoms with Gasteiger partial charge in [-0.15, -0.1) is 11.3 Å². The number of rotatable bonds is 3. The lowest BCUT2D eigenvalue weighted by atomic mass is 9.89. The van der Waals surface area contributed by atoms with Crippen LogP contribution in [0.5, 0.6) is 0 Å². The average Bonchev–Trinajstić information content (AvgIpc) is 3.41. The number of sulfonamides is 1. The van der Waals surface area contributed by atoms with Gasteiger partial charge in [0.15, 0.2) is 0 Å². The Labute approximate surface area is 164 Å². The van der Waals surface area contributed by atoms with Crippen molar-refractivity contribution in [2.24, 2.45) is 5.92 Å². The minimum Gasteiger partial charge on any atom is -0.353 e. The second-order valence-electron chi connectivity index (χ2n) is 8.36. The molecule has 6 nitrogen and oxygen atoms in total. The summed E-state index contributed by atoms with van der Waals surface area (Å²) >= 11 is 1.86. The van der Waals surface area contributed by atoms with Crippen LogP contribution in [-0.4, -0.2) is 55.1 Å². The number of anilines is 1. The third-order valence-electron chi connectivity index (χ3n) is 6.10. The van der Waals surface area contributed by atoms with Crippen LogP contribution in [0, 0.1) is 5.92 Å². The first-order valence-corrected chi connectivity index (χ1v) is 12.6. The summed E-state index contributed by atoms with van der Waals surface area (Å²) in [7, 11) is -3.12. The molecule has 0 N–H and O–H groups in total. The standard InChI is InChI=1S/C19H26N4O2S2/c1-12-3-6-14-15(11-12)26-19-16(14)18(20-17(21-19)13-4-5-13)22-7-9-23(10-8-22)27(2,24)25/h12-13H,3-11H2,1-2H3/t12-/m1/s1. The fraction of sp³-hybridized carbons (Fsp3) is 0.684. The van der Waals surface area contributed by atoms with Gasteiger partial charge in [0.05, 0.1) is 11.6 Å². The van der Waals surface area contributed by atoms with Gasteiger partial charge in [-0.25, -0.2) is 18.4 Å². The normalized spacial score (nSPS) is 24.4. The number of hydrogen-bond donors (Lipinski definition) is 0. The fourth-order valence-electron chi connectivity index (χ4n) is 4.32. The minimum atomic E-state index is -3.12. The van der Waals surface area contributed by atoms with Crippen molar-refractivity contribution in [1.82, 2.24) is 14.3 Å². The molecular formula is C19H26N4O2S2. The first-order valence-electron chi connectivity index (χ1n) is 9.92. The largest absolute Gasteiger partial charge is 0.353 e. The molecule has 0 amide bonds. The molecule has 27 heavy (non-hydrogen) atoms. The van der Waals surface area contributed by atoms with Gasteiger partial charge in [-0.1, -0.05) is 6.92 Å². The predicted octanol–water partition coefficient (Wildman–Crippen LogP) is 2.78. The van der Waals surface area contributed by atoms with Crippen molar-refractivity contribution in [1.29, 1.82) is 0 Å². The highest BCUT2D eigenvalue weighted by molar-refractivity contribution is 7.88. The van der Waals surface area contributed by atoms with Gasteiger partial charge in [0.25, 0.3) is 0 Å². The van der Waals surface area contributed by atoms with Gasteiger partial charge in [-0.2, -0.15) is 4.31 Å². The molecule has 1 aliphatic heterocycles. The quantitative estimate of drug-likeness (QED) is 0.784. The van der Waals surface area contributed by atoms with Crippen LogP contribution >= 0.6 is 11.3 Å². The zero-order valence-electron chi connectivity index (χ0n) is 15.9. The van der Waals surface area contributed by atoms with E-state index in [9.17, 15) is 8.42 Å². The van der Waals surface area contributed by atoms with E-state index < -0.39 is 10.0 Å². The Balaban J connectivity index is 1.56. The van der Waals surface area contributed by atoms with Gasteiger partial charge in [0.1, 0.15) is 16.5 Å². The monoisotopic (exact) mass is 406 g/mol. The molecule has 1 saturated carbocycles. The molecule has 0 radical (unpaired) electrons. The van der Waals surface area contributed by atoms with Crippen molar-refractivity contribution in [2.75, 3.05) is 37.3 Å². The highest BCUT2D eigenvalue weighted by atomic mass is 32.2. The topological polar surface area (TPSA) is 66.4 Å². The van der Waals surface area contributed by atoms with Crippen LogP contribution < -0.4 is 4.90 Å². The van der Waals surface area contributed by atoms with Crippen LogP contribution in [-0.2, 0) is 22.9 Å². The van der Waals surface area contributed by atoms with Gasteiger partial charge in [0.2, 0.25) is 10.0 Å². The summed E-state index contributed by atoms with van der Waals surface area (Å²) < 4.78 is 25.3. The van der Waals surface area contributed by atoms with Crippen molar-refractivity contribution >= 4 is 37.4 Å². The maximum absolute atomic E-state index is 11.9. The molecular weight excluding hydrogens is 380 g/mol. The molecule has 0 spiro atoms. The lowest BCUT2D eigenvalue weighted by Crippen LogP contribution is -2.48. The molecule has 5 rings (SSSR count). The number of piperazine rings is 1. The summed E-state index contributed by atoms with van der Waals surface area (Å²) in [6, 6.07) is 0. The first kappa shape index (κ1) is 17.8. The average molecular weight is 407 g/mol. The maximum Gasteiger partial charge on any atom is 0.211 e. The van der Waals surface area contributed by atoms with Gasteiger partial charge < -0.3 is 4.90 Å². The second kappa shape index (κ2) is 6.39. The Morgan fingerprint density at radius 1 is 1.07 bits per heavy atom. The van der Waals surface area contributed by atoms with Crippen LogP contribution in [0.1, 0.15) is 48.4 Å². The van der Waals surface area contributed by atoms with E-state index in [1.54, 1.807) is 4.31 Å². The van der Waals surface area contributed by atoms with E-state index in [0.29, 0.717) is 32.1 Å². The van der Waals surface area contributed by atoms with Crippen LogP contribution in [0.3, 0.4) is 0 Å². The zero-order chi connectivity index (χ0) is 18.8. The van der Waals surface area contributed by atoms with E-state index in [4.69, 9.17) is 9.97 Å². The van der Waals surface area contributed by atoms with Gasteiger partial charge in [0, 0.05) is 37.0 Å². The number of fused-ring (bicyclic) bond motifs is 3. The number of aryl methyl sites for hydroxylation is 1. The molecule has 3 heterocycles. The molecule has 3 aliphatic rings. The predicted molar refractivity (Wildman–Crippen MR) is 109 cm³/mol. The van der Waals surface area contributed by atoms with Crippen LogP contribution in [0.2, 0.25) is 0 Å². The minimum absolute atomic E-state index is 0.517. The highest BCUT2D eigenvalue weighted by Gasteiger charge is 2.32. The fourth-order valence-corrected chi connectivity index (χ4v) is 6.53. The summed E-state index contributed by atoms with van der Waals surface area (Å²) in [5.74, 6) is 3.31. The summed E-state index contributed by atoms with van der Waals surface area (Å²) in [6.45, 7) is 4.80. The van der Waals surface area contributed by atoms with E-state index in [1.165, 1.54) is 41.3 Å². The molecule has 1 saturated heterocycles. The molecule has 0 aromatic carbocycles. The van der Waals surface area contributed by atoms with Crippen molar-refractivity contribution in [3.05, 3.63) is 16.3 Å². The van der Waals surface area contributed by atoms with E-state index in [1.807, 2.05) is 11.3 Å². The Morgan fingerprint density at radius 3 is 2.48 bits per heavy atom. The Kier molecular flexibility index (Phi) is 4.22. The zero-order valence-corrected chi connectivity index (χ0v) is 17.6. The van der Waals surface area contributed by atoms with Gasteiger partial charge in [-0.3, -0.25) is 0 Å². The molecule has 2 aromatic rings. The molecule has 0 bridgehead atoms. The van der Waals surface area contributed by atoms with Crippen molar-refractivity contribution < 1.29 is 8.42 Å². The highest BCUT2D eigenvalue weighted by Crippen LogP contribution is 2.44. The second-order valence-corrected chi connectivity index (χ2v) is 11.4. The smallest absolute Gasteiger partial charge is 0.211 e.